The summed E-state index contributed by atoms with van der Waals surface area (Å²) in [5.41, 5.74) is 8.48. The van der Waals surface area contributed by atoms with E-state index in [0.29, 0.717) is 17.5 Å². The van der Waals surface area contributed by atoms with Gasteiger partial charge in [0, 0.05) is 38.7 Å². The van der Waals surface area contributed by atoms with Gasteiger partial charge in [-0.1, -0.05) is 121 Å². The van der Waals surface area contributed by atoms with Gasteiger partial charge in [-0.15, -0.1) is 11.3 Å². The van der Waals surface area contributed by atoms with Gasteiger partial charge in [-0.05, 0) is 53.2 Å². The molecule has 7 aromatic carbocycles. The summed E-state index contributed by atoms with van der Waals surface area (Å²) in [4.78, 5) is 19.8. The van der Waals surface area contributed by atoms with Crippen LogP contribution in [0.15, 0.2) is 164 Å². The van der Waals surface area contributed by atoms with Crippen molar-refractivity contribution in [2.75, 3.05) is 0 Å². The Labute approximate surface area is 291 Å². The summed E-state index contributed by atoms with van der Waals surface area (Å²) in [6, 6.07) is 56.9. The van der Waals surface area contributed by atoms with Crippen molar-refractivity contribution in [1.82, 2.24) is 24.5 Å². The quantitative estimate of drug-likeness (QED) is 0.185. The molecule has 50 heavy (non-hydrogen) atoms. The van der Waals surface area contributed by atoms with Gasteiger partial charge in [-0.2, -0.15) is 0 Å². The molecule has 0 saturated carbocycles. The summed E-state index contributed by atoms with van der Waals surface area (Å²) in [5.74, 6) is 1.96. The molecule has 0 unspecified atom stereocenters. The second kappa shape index (κ2) is 11.6. The summed E-state index contributed by atoms with van der Waals surface area (Å²) >= 11 is 1.74. The van der Waals surface area contributed by atoms with Gasteiger partial charge in [0.25, 0.3) is 0 Å². The Morgan fingerprint density at radius 3 is 1.82 bits per heavy atom. The first kappa shape index (κ1) is 28.5. The Morgan fingerprint density at radius 2 is 1.06 bits per heavy atom. The van der Waals surface area contributed by atoms with Gasteiger partial charge in [0.1, 0.15) is 5.01 Å². The molecular weight excluding hydrogens is 631 g/mol. The van der Waals surface area contributed by atoms with E-state index < -0.39 is 0 Å². The molecule has 234 valence electrons. The normalized spacial score (nSPS) is 11.6. The first-order valence-electron chi connectivity index (χ1n) is 16.6. The van der Waals surface area contributed by atoms with Crippen molar-refractivity contribution in [3.05, 3.63) is 164 Å². The predicted molar refractivity (Wildman–Crippen MR) is 207 cm³/mol. The van der Waals surface area contributed by atoms with Crippen molar-refractivity contribution in [2.24, 2.45) is 0 Å². The molecule has 0 aliphatic rings. The Balaban J connectivity index is 1.10. The Kier molecular flexibility index (Phi) is 6.60. The van der Waals surface area contributed by atoms with Crippen LogP contribution in [0.3, 0.4) is 0 Å². The summed E-state index contributed by atoms with van der Waals surface area (Å²) in [7, 11) is 0. The minimum absolute atomic E-state index is 0.647. The lowest BCUT2D eigenvalue weighted by molar-refractivity contribution is 1.07. The van der Waals surface area contributed by atoms with Crippen molar-refractivity contribution in [3.8, 4) is 50.4 Å². The molecular formula is C44H27N5S. The molecule has 3 heterocycles. The molecule has 0 spiro atoms. The van der Waals surface area contributed by atoms with Crippen molar-refractivity contribution in [1.29, 1.82) is 0 Å². The van der Waals surface area contributed by atoms with E-state index in [1.165, 1.54) is 21.0 Å². The summed E-state index contributed by atoms with van der Waals surface area (Å²) in [6.45, 7) is 0. The maximum atomic E-state index is 5.04. The van der Waals surface area contributed by atoms with E-state index in [9.17, 15) is 0 Å². The minimum atomic E-state index is 0.647. The number of para-hydroxylation sites is 2. The molecule has 0 saturated heterocycles. The van der Waals surface area contributed by atoms with E-state index in [-0.39, 0.29) is 0 Å². The molecule has 0 atom stereocenters. The molecule has 3 aromatic heterocycles. The van der Waals surface area contributed by atoms with E-state index in [1.54, 1.807) is 11.3 Å². The maximum Gasteiger partial charge on any atom is 0.164 e. The van der Waals surface area contributed by atoms with Gasteiger partial charge in [0.05, 0.1) is 21.3 Å². The maximum absolute atomic E-state index is 5.04. The smallest absolute Gasteiger partial charge is 0.164 e. The second-order valence-electron chi connectivity index (χ2n) is 12.3. The van der Waals surface area contributed by atoms with Gasteiger partial charge in [-0.3, -0.25) is 0 Å². The van der Waals surface area contributed by atoms with Crippen LogP contribution in [0.5, 0.6) is 0 Å². The number of benzene rings is 7. The molecule has 5 nitrogen and oxygen atoms in total. The molecule has 10 rings (SSSR count). The fourth-order valence-corrected chi connectivity index (χ4v) is 7.91. The molecule has 10 aromatic rings. The van der Waals surface area contributed by atoms with Crippen LogP contribution in [0.25, 0.3) is 93.2 Å². The predicted octanol–water partition coefficient (Wildman–Crippen LogP) is 11.4. The number of nitrogens with zero attached hydrogens (tertiary/aromatic N) is 5. The van der Waals surface area contributed by atoms with Gasteiger partial charge in [0.15, 0.2) is 17.5 Å². The number of hydrogen-bond acceptors (Lipinski definition) is 5. The number of hydrogen-bond donors (Lipinski definition) is 0. The van der Waals surface area contributed by atoms with Crippen LogP contribution in [0.1, 0.15) is 0 Å². The van der Waals surface area contributed by atoms with E-state index in [4.69, 9.17) is 19.9 Å². The largest absolute Gasteiger partial charge is 0.309 e. The average molecular weight is 658 g/mol. The third-order valence-electron chi connectivity index (χ3n) is 9.26. The lowest BCUT2D eigenvalue weighted by Gasteiger charge is -2.11. The highest BCUT2D eigenvalue weighted by Gasteiger charge is 2.18. The minimum Gasteiger partial charge on any atom is -0.309 e. The number of rotatable bonds is 5. The molecule has 0 amide bonds. The van der Waals surface area contributed by atoms with E-state index in [0.717, 1.165) is 54.8 Å². The van der Waals surface area contributed by atoms with Crippen LogP contribution in [-0.4, -0.2) is 24.5 Å². The van der Waals surface area contributed by atoms with Gasteiger partial charge < -0.3 is 4.57 Å². The lowest BCUT2D eigenvalue weighted by Crippen LogP contribution is -2.00. The highest BCUT2D eigenvalue weighted by molar-refractivity contribution is 7.21. The monoisotopic (exact) mass is 657 g/mol. The molecule has 0 bridgehead atoms. The molecule has 6 heteroatoms. The van der Waals surface area contributed by atoms with Gasteiger partial charge in [-0.25, -0.2) is 19.9 Å². The highest BCUT2D eigenvalue weighted by Crippen LogP contribution is 2.41. The number of aromatic nitrogens is 5. The van der Waals surface area contributed by atoms with E-state index >= 15 is 0 Å². The van der Waals surface area contributed by atoms with Gasteiger partial charge in [0.2, 0.25) is 0 Å². The van der Waals surface area contributed by atoms with Crippen LogP contribution in [0.2, 0.25) is 0 Å². The van der Waals surface area contributed by atoms with Crippen LogP contribution >= 0.6 is 11.3 Å². The molecule has 0 radical (unpaired) electrons. The van der Waals surface area contributed by atoms with Crippen LogP contribution in [-0.2, 0) is 0 Å². The lowest BCUT2D eigenvalue weighted by atomic mass is 10.1. The first-order valence-corrected chi connectivity index (χ1v) is 17.4. The zero-order valence-electron chi connectivity index (χ0n) is 26.7. The van der Waals surface area contributed by atoms with Crippen LogP contribution in [0.4, 0.5) is 0 Å². The zero-order chi connectivity index (χ0) is 33.0. The summed E-state index contributed by atoms with van der Waals surface area (Å²) in [6.07, 6.45) is 0. The molecule has 0 aliphatic heterocycles. The van der Waals surface area contributed by atoms with Crippen LogP contribution < -0.4 is 0 Å². The first-order chi connectivity index (χ1) is 24.8. The second-order valence-corrected chi connectivity index (χ2v) is 13.4. The average Bonchev–Trinajstić information content (AvgIpc) is 3.78. The third-order valence-corrected chi connectivity index (χ3v) is 10.3. The Hall–Kier alpha value is -6.50. The highest BCUT2D eigenvalue weighted by atomic mass is 32.1. The summed E-state index contributed by atoms with van der Waals surface area (Å²) in [5, 5.41) is 5.72. The Morgan fingerprint density at radius 1 is 0.440 bits per heavy atom. The third kappa shape index (κ3) is 4.77. The molecule has 0 aliphatic carbocycles. The number of thiazole rings is 1. The SMILES string of the molecule is c1ccc(-c2nc(-c3ccccc3)nc(-c3ccc4cc(-n5c6ccccc6c6c(-c7nc8ccccc8s7)cccc65)ccc4c3)n2)cc1. The molecule has 0 N–H and O–H groups in total. The number of fused-ring (bicyclic) bond motifs is 5. The van der Waals surface area contributed by atoms with Crippen molar-refractivity contribution < 1.29 is 0 Å². The standard InChI is InChI=1S/C44H27N5S/c1-3-12-28(13-4-1)41-46-42(29-14-5-2-6-15-29)48-43(47-41)32-23-22-31-27-33(25-24-30(31)26-32)49-37-19-9-7-16-34(37)40-35(17-11-20-38(40)49)44-45-36-18-8-10-21-39(36)50-44/h1-27H. The van der Waals surface area contributed by atoms with E-state index in [1.807, 2.05) is 60.7 Å². The fraction of sp³-hybridized carbons (Fsp3) is 0. The van der Waals surface area contributed by atoms with E-state index in [2.05, 4.69) is 108 Å². The van der Waals surface area contributed by atoms with Gasteiger partial charge >= 0.3 is 0 Å². The molecule has 0 fully saturated rings. The van der Waals surface area contributed by atoms with Crippen LogP contribution in [0, 0.1) is 0 Å². The summed E-state index contributed by atoms with van der Waals surface area (Å²) < 4.78 is 3.57. The van der Waals surface area contributed by atoms with Crippen molar-refractivity contribution in [2.45, 2.75) is 0 Å². The Bertz CT molecular complexity index is 2780. The zero-order valence-corrected chi connectivity index (χ0v) is 27.5. The fourth-order valence-electron chi connectivity index (χ4n) is 6.91. The van der Waals surface area contributed by atoms with Crippen molar-refractivity contribution >= 4 is 54.1 Å². The topological polar surface area (TPSA) is 56.5 Å². The van der Waals surface area contributed by atoms with Crippen molar-refractivity contribution in [3.63, 3.8) is 0 Å².